The maximum Gasteiger partial charge on any atom is 0.308 e. The molecule has 0 radical (unpaired) electrons. The summed E-state index contributed by atoms with van der Waals surface area (Å²) >= 11 is 1.55. The predicted octanol–water partition coefficient (Wildman–Crippen LogP) is 1.97. The molecule has 15 heavy (non-hydrogen) atoms. The Morgan fingerprint density at radius 3 is 2.87 bits per heavy atom. The van der Waals surface area contributed by atoms with E-state index in [4.69, 9.17) is 5.11 Å². The first kappa shape index (κ1) is 10.6. The number of thiophene rings is 1. The van der Waals surface area contributed by atoms with Crippen molar-refractivity contribution in [1.29, 1.82) is 0 Å². The zero-order chi connectivity index (χ0) is 10.7. The van der Waals surface area contributed by atoms with E-state index in [1.807, 2.05) is 6.07 Å². The lowest BCUT2D eigenvalue weighted by atomic mass is 10.2. The zero-order valence-corrected chi connectivity index (χ0v) is 9.42. The fourth-order valence-electron chi connectivity index (χ4n) is 1.95. The molecule has 1 fully saturated rings. The Labute approximate surface area is 93.3 Å². The predicted molar refractivity (Wildman–Crippen MR) is 60.2 cm³/mol. The van der Waals surface area contributed by atoms with Crippen LogP contribution in [0.15, 0.2) is 11.4 Å². The zero-order valence-electron chi connectivity index (χ0n) is 8.61. The van der Waals surface area contributed by atoms with Crippen molar-refractivity contribution in [1.82, 2.24) is 4.90 Å². The Balaban J connectivity index is 1.91. The fraction of sp³-hybridized carbons (Fsp3) is 0.545. The molecule has 0 amide bonds. The van der Waals surface area contributed by atoms with Crippen molar-refractivity contribution in [3.8, 4) is 0 Å². The molecule has 0 bridgehead atoms. The molecule has 3 nitrogen and oxygen atoms in total. The van der Waals surface area contributed by atoms with Gasteiger partial charge >= 0.3 is 5.97 Å². The van der Waals surface area contributed by atoms with Crippen LogP contribution in [0.5, 0.6) is 0 Å². The molecule has 0 atom stereocenters. The molecule has 0 aromatic carbocycles. The fourth-order valence-corrected chi connectivity index (χ4v) is 2.82. The van der Waals surface area contributed by atoms with Gasteiger partial charge in [-0.25, -0.2) is 0 Å². The summed E-state index contributed by atoms with van der Waals surface area (Å²) in [6, 6.07) is 2.02. The summed E-state index contributed by atoms with van der Waals surface area (Å²) in [5.74, 6) is -0.746. The van der Waals surface area contributed by atoms with Crippen molar-refractivity contribution in [2.45, 2.75) is 25.8 Å². The number of carboxylic acids is 1. The Morgan fingerprint density at radius 2 is 2.20 bits per heavy atom. The average Bonchev–Trinajstić information content (AvgIpc) is 2.77. The minimum atomic E-state index is -0.746. The molecule has 82 valence electrons. The Bertz CT molecular complexity index is 342. The summed E-state index contributed by atoms with van der Waals surface area (Å²) in [5.41, 5.74) is 1.26. The molecular weight excluding hydrogens is 210 g/mol. The third-order valence-corrected chi connectivity index (χ3v) is 3.62. The van der Waals surface area contributed by atoms with Crippen LogP contribution in [0.4, 0.5) is 0 Å². The maximum absolute atomic E-state index is 10.5. The first-order valence-electron chi connectivity index (χ1n) is 5.24. The second-order valence-corrected chi connectivity index (χ2v) is 4.97. The molecule has 1 aliphatic heterocycles. The topological polar surface area (TPSA) is 40.5 Å². The van der Waals surface area contributed by atoms with Gasteiger partial charge in [0.05, 0.1) is 6.42 Å². The number of likely N-dealkylation sites (tertiary alicyclic amines) is 1. The molecule has 0 spiro atoms. The smallest absolute Gasteiger partial charge is 0.308 e. The molecule has 1 aromatic rings. The maximum atomic E-state index is 10.5. The molecule has 2 heterocycles. The van der Waals surface area contributed by atoms with E-state index in [0.29, 0.717) is 0 Å². The molecule has 1 aliphatic rings. The highest BCUT2D eigenvalue weighted by Crippen LogP contribution is 2.19. The van der Waals surface area contributed by atoms with E-state index in [0.717, 1.165) is 11.4 Å². The first-order valence-corrected chi connectivity index (χ1v) is 6.12. The van der Waals surface area contributed by atoms with E-state index < -0.39 is 5.97 Å². The largest absolute Gasteiger partial charge is 0.481 e. The molecule has 1 aromatic heterocycles. The molecular formula is C11H15NO2S. The van der Waals surface area contributed by atoms with Gasteiger partial charge in [0.1, 0.15) is 0 Å². The van der Waals surface area contributed by atoms with Crippen molar-refractivity contribution in [2.24, 2.45) is 0 Å². The highest BCUT2D eigenvalue weighted by Gasteiger charge is 2.12. The normalized spacial score (nSPS) is 17.1. The van der Waals surface area contributed by atoms with Crippen LogP contribution in [-0.4, -0.2) is 29.1 Å². The van der Waals surface area contributed by atoms with Gasteiger partial charge in [-0.15, -0.1) is 11.3 Å². The van der Waals surface area contributed by atoms with Gasteiger partial charge in [-0.3, -0.25) is 9.69 Å². The van der Waals surface area contributed by atoms with Crippen molar-refractivity contribution in [3.63, 3.8) is 0 Å². The highest BCUT2D eigenvalue weighted by atomic mass is 32.1. The van der Waals surface area contributed by atoms with Gasteiger partial charge in [-0.05, 0) is 42.9 Å². The second kappa shape index (κ2) is 4.77. The summed E-state index contributed by atoms with van der Waals surface area (Å²) < 4.78 is 0. The number of rotatable bonds is 4. The molecule has 2 rings (SSSR count). The lowest BCUT2D eigenvalue weighted by Gasteiger charge is -2.12. The van der Waals surface area contributed by atoms with E-state index in [9.17, 15) is 4.79 Å². The minimum absolute atomic E-state index is 0.157. The van der Waals surface area contributed by atoms with Crippen LogP contribution in [0.1, 0.15) is 23.3 Å². The number of nitrogens with zero attached hydrogens (tertiary/aromatic N) is 1. The van der Waals surface area contributed by atoms with Gasteiger partial charge in [0.2, 0.25) is 0 Å². The van der Waals surface area contributed by atoms with Crippen molar-refractivity contribution in [3.05, 3.63) is 21.9 Å². The molecule has 4 heteroatoms. The lowest BCUT2D eigenvalue weighted by Crippen LogP contribution is -2.17. The van der Waals surface area contributed by atoms with Crippen LogP contribution < -0.4 is 0 Å². The molecule has 1 saturated heterocycles. The molecule has 1 N–H and O–H groups in total. The summed E-state index contributed by atoms with van der Waals surface area (Å²) in [7, 11) is 0. The second-order valence-electron chi connectivity index (χ2n) is 3.98. The van der Waals surface area contributed by atoms with E-state index in [1.165, 1.54) is 31.5 Å². The number of hydrogen-bond acceptors (Lipinski definition) is 3. The highest BCUT2D eigenvalue weighted by molar-refractivity contribution is 7.10. The third kappa shape index (κ3) is 3.04. The van der Waals surface area contributed by atoms with Gasteiger partial charge in [-0.2, -0.15) is 0 Å². The summed E-state index contributed by atoms with van der Waals surface area (Å²) in [4.78, 5) is 13.9. The number of hydrogen-bond donors (Lipinski definition) is 1. The van der Waals surface area contributed by atoms with Gasteiger partial charge in [0, 0.05) is 11.4 Å². The van der Waals surface area contributed by atoms with Crippen LogP contribution in [0.3, 0.4) is 0 Å². The third-order valence-electron chi connectivity index (χ3n) is 2.64. The minimum Gasteiger partial charge on any atom is -0.481 e. The summed E-state index contributed by atoms with van der Waals surface area (Å²) in [6.07, 6.45) is 2.75. The molecule has 0 unspecified atom stereocenters. The van der Waals surface area contributed by atoms with Gasteiger partial charge in [-0.1, -0.05) is 0 Å². The first-order chi connectivity index (χ1) is 7.24. The monoisotopic (exact) mass is 225 g/mol. The summed E-state index contributed by atoms with van der Waals surface area (Å²) in [6.45, 7) is 3.35. The molecule has 0 aliphatic carbocycles. The van der Waals surface area contributed by atoms with Gasteiger partial charge in [0.25, 0.3) is 0 Å². The van der Waals surface area contributed by atoms with Crippen LogP contribution >= 0.6 is 11.3 Å². The van der Waals surface area contributed by atoms with Crippen LogP contribution in [0, 0.1) is 0 Å². The summed E-state index contributed by atoms with van der Waals surface area (Å²) in [5, 5.41) is 10.7. The van der Waals surface area contributed by atoms with Crippen LogP contribution in [0.2, 0.25) is 0 Å². The average molecular weight is 225 g/mol. The quantitative estimate of drug-likeness (QED) is 0.851. The van der Waals surface area contributed by atoms with E-state index in [1.54, 1.807) is 11.3 Å². The SMILES string of the molecule is O=C(O)Cc1cc(CN2CCCC2)cs1. The van der Waals surface area contributed by atoms with Crippen LogP contribution in [0.25, 0.3) is 0 Å². The number of carboxylic acid groups (broad SMARTS) is 1. The Kier molecular flexibility index (Phi) is 3.38. The standard InChI is InChI=1S/C11H15NO2S/c13-11(14)6-10-5-9(8-15-10)7-12-3-1-2-4-12/h5,8H,1-4,6-7H2,(H,13,14). The molecule has 0 saturated carbocycles. The Morgan fingerprint density at radius 1 is 1.47 bits per heavy atom. The number of carbonyl (C=O) groups is 1. The van der Waals surface area contributed by atoms with E-state index in [2.05, 4.69) is 10.3 Å². The Hall–Kier alpha value is -0.870. The van der Waals surface area contributed by atoms with Crippen molar-refractivity contribution < 1.29 is 9.90 Å². The van der Waals surface area contributed by atoms with Crippen LogP contribution in [-0.2, 0) is 17.8 Å². The lowest BCUT2D eigenvalue weighted by molar-refractivity contribution is -0.136. The van der Waals surface area contributed by atoms with Crippen molar-refractivity contribution in [2.75, 3.05) is 13.1 Å². The van der Waals surface area contributed by atoms with Crippen molar-refractivity contribution >= 4 is 17.3 Å². The van der Waals surface area contributed by atoms with Gasteiger partial charge < -0.3 is 5.11 Å². The number of aliphatic carboxylic acids is 1. The van der Waals surface area contributed by atoms with E-state index >= 15 is 0 Å². The van der Waals surface area contributed by atoms with E-state index in [-0.39, 0.29) is 6.42 Å². The van der Waals surface area contributed by atoms with Gasteiger partial charge in [0.15, 0.2) is 0 Å².